The molecule has 2 aromatic carbocycles. The average Bonchev–Trinajstić information content (AvgIpc) is 2.64. The summed E-state index contributed by atoms with van der Waals surface area (Å²) in [5, 5.41) is 0. The van der Waals surface area contributed by atoms with Gasteiger partial charge in [0.15, 0.2) is 0 Å². The first kappa shape index (κ1) is 17.4. The molecule has 1 heterocycles. The van der Waals surface area contributed by atoms with Gasteiger partial charge in [-0.25, -0.2) is 4.39 Å². The van der Waals surface area contributed by atoms with Gasteiger partial charge in [0.25, 0.3) is 0 Å². The topological polar surface area (TPSA) is 49.6 Å². The lowest BCUT2D eigenvalue weighted by Crippen LogP contribution is -2.53. The molecule has 1 saturated heterocycles. The summed E-state index contributed by atoms with van der Waals surface area (Å²) in [7, 11) is 0. The predicted octanol–water partition coefficient (Wildman–Crippen LogP) is 2.35. The highest BCUT2D eigenvalue weighted by Gasteiger charge is 2.25. The minimum atomic E-state index is -0.514. The zero-order chi connectivity index (χ0) is 17.8. The Morgan fingerprint density at radius 1 is 1.04 bits per heavy atom. The lowest BCUT2D eigenvalue weighted by atomic mass is 10.0. The van der Waals surface area contributed by atoms with Gasteiger partial charge in [-0.05, 0) is 43.2 Å². The van der Waals surface area contributed by atoms with Crippen molar-refractivity contribution in [1.29, 1.82) is 0 Å². The number of anilines is 1. The zero-order valence-corrected chi connectivity index (χ0v) is 14.5. The van der Waals surface area contributed by atoms with E-state index in [2.05, 4.69) is 4.90 Å². The van der Waals surface area contributed by atoms with Crippen LogP contribution in [0.15, 0.2) is 48.5 Å². The molecule has 0 bridgehead atoms. The van der Waals surface area contributed by atoms with Crippen molar-refractivity contribution in [2.75, 3.05) is 31.1 Å². The second-order valence-corrected chi connectivity index (χ2v) is 6.58. The maximum atomic E-state index is 13.0. The summed E-state index contributed by atoms with van der Waals surface area (Å²) in [4.78, 5) is 16.6. The zero-order valence-electron chi connectivity index (χ0n) is 14.5. The van der Waals surface area contributed by atoms with Crippen LogP contribution < -0.4 is 10.6 Å². The molecule has 4 nitrogen and oxygen atoms in total. The summed E-state index contributed by atoms with van der Waals surface area (Å²) in [6.45, 7) is 4.77. The smallest absolute Gasteiger partial charge is 0.239 e. The first-order valence-corrected chi connectivity index (χ1v) is 8.63. The number of hydrogen-bond donors (Lipinski definition) is 1. The van der Waals surface area contributed by atoms with Gasteiger partial charge >= 0.3 is 0 Å². The quantitative estimate of drug-likeness (QED) is 0.929. The number of hydrogen-bond acceptors (Lipinski definition) is 3. The standard InChI is InChI=1S/C20H24FN3O/c1-15-2-4-16(5-3-15)14-19(22)20(25)24-12-10-23(11-13-24)18-8-6-17(21)7-9-18/h2-9,19H,10-14,22H2,1H3. The van der Waals surface area contributed by atoms with Crippen molar-refractivity contribution in [3.8, 4) is 0 Å². The van der Waals surface area contributed by atoms with Crippen molar-refractivity contribution < 1.29 is 9.18 Å². The van der Waals surface area contributed by atoms with Crippen LogP contribution in [0, 0.1) is 12.7 Å². The Labute approximate surface area is 148 Å². The maximum Gasteiger partial charge on any atom is 0.239 e. The second-order valence-electron chi connectivity index (χ2n) is 6.58. The van der Waals surface area contributed by atoms with E-state index in [1.807, 2.05) is 36.1 Å². The van der Waals surface area contributed by atoms with E-state index in [9.17, 15) is 9.18 Å². The van der Waals surface area contributed by atoms with E-state index in [0.717, 1.165) is 24.3 Å². The minimum absolute atomic E-state index is 0.000619. The SMILES string of the molecule is Cc1ccc(CC(N)C(=O)N2CCN(c3ccc(F)cc3)CC2)cc1. The third-order valence-electron chi connectivity index (χ3n) is 4.68. The van der Waals surface area contributed by atoms with Crippen LogP contribution in [-0.2, 0) is 11.2 Å². The molecule has 1 aliphatic rings. The van der Waals surface area contributed by atoms with Crippen LogP contribution in [0.4, 0.5) is 10.1 Å². The van der Waals surface area contributed by atoms with Crippen LogP contribution in [0.1, 0.15) is 11.1 Å². The molecule has 1 aliphatic heterocycles. The number of carbonyl (C=O) groups is 1. The van der Waals surface area contributed by atoms with Crippen molar-refractivity contribution in [1.82, 2.24) is 4.90 Å². The van der Waals surface area contributed by atoms with Gasteiger partial charge in [-0.1, -0.05) is 29.8 Å². The minimum Gasteiger partial charge on any atom is -0.368 e. The van der Waals surface area contributed by atoms with Gasteiger partial charge in [-0.15, -0.1) is 0 Å². The molecule has 2 N–H and O–H groups in total. The molecule has 132 valence electrons. The molecular weight excluding hydrogens is 317 g/mol. The van der Waals surface area contributed by atoms with Gasteiger partial charge in [0.05, 0.1) is 6.04 Å². The van der Waals surface area contributed by atoms with Crippen LogP contribution >= 0.6 is 0 Å². The summed E-state index contributed by atoms with van der Waals surface area (Å²) in [5.41, 5.74) is 9.39. The first-order valence-electron chi connectivity index (χ1n) is 8.63. The molecule has 1 fully saturated rings. The van der Waals surface area contributed by atoms with Crippen LogP contribution in [0.3, 0.4) is 0 Å². The maximum absolute atomic E-state index is 13.0. The highest BCUT2D eigenvalue weighted by Crippen LogP contribution is 2.17. The Balaban J connectivity index is 1.53. The van der Waals surface area contributed by atoms with Crippen LogP contribution in [0.2, 0.25) is 0 Å². The van der Waals surface area contributed by atoms with Crippen LogP contribution in [0.5, 0.6) is 0 Å². The summed E-state index contributed by atoms with van der Waals surface area (Å²) in [6, 6.07) is 14.1. The van der Waals surface area contributed by atoms with Gasteiger partial charge < -0.3 is 15.5 Å². The molecule has 25 heavy (non-hydrogen) atoms. The number of rotatable bonds is 4. The van der Waals surface area contributed by atoms with Gasteiger partial charge in [0.2, 0.25) is 5.91 Å². The largest absolute Gasteiger partial charge is 0.368 e. The number of piperazine rings is 1. The lowest BCUT2D eigenvalue weighted by Gasteiger charge is -2.37. The molecule has 1 atom stereocenters. The van der Waals surface area contributed by atoms with Crippen molar-refractivity contribution in [2.45, 2.75) is 19.4 Å². The summed E-state index contributed by atoms with van der Waals surface area (Å²) in [5.74, 6) is -0.237. The third-order valence-corrected chi connectivity index (χ3v) is 4.68. The molecule has 0 spiro atoms. The summed E-state index contributed by atoms with van der Waals surface area (Å²) >= 11 is 0. The molecule has 0 aromatic heterocycles. The summed E-state index contributed by atoms with van der Waals surface area (Å²) in [6.07, 6.45) is 0.553. The number of nitrogens with zero attached hydrogens (tertiary/aromatic N) is 2. The molecule has 0 saturated carbocycles. The molecule has 0 aliphatic carbocycles. The molecular formula is C20H24FN3O. The molecule has 3 rings (SSSR count). The number of halogens is 1. The molecule has 5 heteroatoms. The number of benzene rings is 2. The predicted molar refractivity (Wildman–Crippen MR) is 98.1 cm³/mol. The molecule has 1 unspecified atom stereocenters. The summed E-state index contributed by atoms with van der Waals surface area (Å²) < 4.78 is 13.0. The van der Waals surface area contributed by atoms with E-state index >= 15 is 0 Å². The second kappa shape index (κ2) is 7.66. The number of carbonyl (C=O) groups excluding carboxylic acids is 1. The normalized spacial score (nSPS) is 16.0. The fraction of sp³-hybridized carbons (Fsp3) is 0.350. The molecule has 1 amide bonds. The highest BCUT2D eigenvalue weighted by atomic mass is 19.1. The Morgan fingerprint density at radius 3 is 2.24 bits per heavy atom. The van der Waals surface area contributed by atoms with E-state index in [1.54, 1.807) is 12.1 Å². The monoisotopic (exact) mass is 341 g/mol. The Hall–Kier alpha value is -2.40. The lowest BCUT2D eigenvalue weighted by molar-refractivity contribution is -0.132. The number of aryl methyl sites for hydroxylation is 1. The third kappa shape index (κ3) is 4.37. The Bertz CT molecular complexity index is 707. The van der Waals surface area contributed by atoms with Gasteiger partial charge in [-0.3, -0.25) is 4.79 Å². The number of nitrogens with two attached hydrogens (primary N) is 1. The van der Waals surface area contributed by atoms with Crippen molar-refractivity contribution >= 4 is 11.6 Å². The number of amides is 1. The van der Waals surface area contributed by atoms with E-state index in [4.69, 9.17) is 5.73 Å². The first-order chi connectivity index (χ1) is 12.0. The van der Waals surface area contributed by atoms with E-state index < -0.39 is 6.04 Å². The fourth-order valence-electron chi connectivity index (χ4n) is 3.14. The van der Waals surface area contributed by atoms with Crippen molar-refractivity contribution in [3.05, 3.63) is 65.5 Å². The van der Waals surface area contributed by atoms with Crippen molar-refractivity contribution in [3.63, 3.8) is 0 Å². The highest BCUT2D eigenvalue weighted by molar-refractivity contribution is 5.82. The van der Waals surface area contributed by atoms with Crippen LogP contribution in [-0.4, -0.2) is 43.0 Å². The van der Waals surface area contributed by atoms with E-state index in [0.29, 0.717) is 19.5 Å². The van der Waals surface area contributed by atoms with Gasteiger partial charge in [0, 0.05) is 31.9 Å². The van der Waals surface area contributed by atoms with Gasteiger partial charge in [0.1, 0.15) is 5.82 Å². The molecule has 2 aromatic rings. The Kier molecular flexibility index (Phi) is 5.34. The fourth-order valence-corrected chi connectivity index (χ4v) is 3.14. The molecule has 0 radical (unpaired) electrons. The van der Waals surface area contributed by atoms with Gasteiger partial charge in [-0.2, -0.15) is 0 Å². The Morgan fingerprint density at radius 2 is 1.64 bits per heavy atom. The van der Waals surface area contributed by atoms with Crippen molar-refractivity contribution in [2.24, 2.45) is 5.73 Å². The van der Waals surface area contributed by atoms with E-state index in [1.165, 1.54) is 17.7 Å². The van der Waals surface area contributed by atoms with E-state index in [-0.39, 0.29) is 11.7 Å². The average molecular weight is 341 g/mol. The van der Waals surface area contributed by atoms with Crippen LogP contribution in [0.25, 0.3) is 0 Å².